The van der Waals surface area contributed by atoms with Crippen LogP contribution in [0.4, 0.5) is 0 Å². The van der Waals surface area contributed by atoms with Crippen molar-refractivity contribution in [3.63, 3.8) is 0 Å². The lowest BCUT2D eigenvalue weighted by Crippen LogP contribution is -2.28. The lowest BCUT2D eigenvalue weighted by atomic mass is 9.93. The third kappa shape index (κ3) is 9.96. The first-order valence-electron chi connectivity index (χ1n) is 12.2. The molecule has 2 aromatic rings. The Morgan fingerprint density at radius 3 is 2.34 bits per heavy atom. The van der Waals surface area contributed by atoms with Crippen LogP contribution in [0.25, 0.3) is 0 Å². The number of amidine groups is 2. The Morgan fingerprint density at radius 2 is 1.72 bits per heavy atom. The normalized spacial score (nSPS) is 15.2. The summed E-state index contributed by atoms with van der Waals surface area (Å²) in [7, 11) is 0. The van der Waals surface area contributed by atoms with Gasteiger partial charge >= 0.3 is 0 Å². The van der Waals surface area contributed by atoms with Crippen LogP contribution in [-0.4, -0.2) is 44.4 Å². The van der Waals surface area contributed by atoms with E-state index in [2.05, 4.69) is 67.8 Å². The number of hydrogen-bond acceptors (Lipinski definition) is 6. The van der Waals surface area contributed by atoms with Gasteiger partial charge in [-0.1, -0.05) is 50.6 Å². The second kappa shape index (κ2) is 16.5. The molecule has 3 heterocycles. The smallest absolute Gasteiger partial charge is 0.0999 e. The van der Waals surface area contributed by atoms with Crippen molar-refractivity contribution in [3.8, 4) is 0 Å². The number of hydrogen-bond donors (Lipinski definition) is 3. The Morgan fingerprint density at radius 1 is 0.938 bits per heavy atom. The van der Waals surface area contributed by atoms with E-state index in [1.165, 1.54) is 35.6 Å². The van der Waals surface area contributed by atoms with E-state index in [0.29, 0.717) is 5.92 Å². The van der Waals surface area contributed by atoms with Crippen molar-refractivity contribution in [1.29, 1.82) is 0 Å². The molecule has 0 saturated carbocycles. The summed E-state index contributed by atoms with van der Waals surface area (Å²) in [4.78, 5) is 8.93. The van der Waals surface area contributed by atoms with Crippen LogP contribution < -0.4 is 16.4 Å². The van der Waals surface area contributed by atoms with Gasteiger partial charge in [0.15, 0.2) is 0 Å². The number of rotatable bonds is 10. The van der Waals surface area contributed by atoms with Gasteiger partial charge < -0.3 is 16.4 Å². The maximum atomic E-state index is 5.57. The molecule has 4 rings (SSSR count). The molecule has 1 aromatic carbocycles. The topological polar surface area (TPSA) is 74.8 Å². The predicted octanol–water partition coefficient (Wildman–Crippen LogP) is 4.68. The molecule has 1 aromatic heterocycles. The fourth-order valence-corrected chi connectivity index (χ4v) is 4.47. The average molecular weight is 456 g/mol. The number of nitrogens with zero attached hydrogens (tertiary/aromatic N) is 2. The monoisotopic (exact) mass is 455 g/mol. The van der Waals surface area contributed by atoms with E-state index >= 15 is 0 Å². The van der Waals surface area contributed by atoms with Crippen LogP contribution in [0.2, 0.25) is 0 Å². The zero-order chi connectivity index (χ0) is 22.9. The Bertz CT molecular complexity index is 771. The summed E-state index contributed by atoms with van der Waals surface area (Å²) in [6, 6.07) is 12.9. The first kappa shape index (κ1) is 26.1. The summed E-state index contributed by atoms with van der Waals surface area (Å²) in [6.45, 7) is 8.70. The summed E-state index contributed by atoms with van der Waals surface area (Å²) in [5, 5.41) is 11.0. The van der Waals surface area contributed by atoms with Gasteiger partial charge in [-0.25, -0.2) is 0 Å². The van der Waals surface area contributed by atoms with Crippen molar-refractivity contribution in [2.24, 2.45) is 21.6 Å². The van der Waals surface area contributed by atoms with Gasteiger partial charge in [-0.15, -0.1) is 0 Å². The standard InChI is InChI=1S/C15H23N3.C9H12N2S.C2H6/c16-9-5-4-8-14(15-17-10-11-18-15)12-13-6-2-1-3-7-13;1(8-3-6-12-7-8)2-9-10-4-5-11-9;1-2/h1-3,6-7,14H,4-5,8-12,16H2,(H,17,18);3,6-7H,1-2,4-5H2,(H,10,11);1-2H3. The van der Waals surface area contributed by atoms with Gasteiger partial charge in [0.25, 0.3) is 0 Å². The molecule has 0 bridgehead atoms. The summed E-state index contributed by atoms with van der Waals surface area (Å²) >= 11 is 1.76. The number of nitrogens with two attached hydrogens (primary N) is 1. The van der Waals surface area contributed by atoms with Gasteiger partial charge in [-0.2, -0.15) is 11.3 Å². The van der Waals surface area contributed by atoms with Gasteiger partial charge in [-0.3, -0.25) is 9.98 Å². The van der Waals surface area contributed by atoms with Crippen molar-refractivity contribution in [3.05, 3.63) is 58.3 Å². The highest BCUT2D eigenvalue weighted by molar-refractivity contribution is 7.07. The van der Waals surface area contributed by atoms with E-state index in [1.54, 1.807) is 11.3 Å². The van der Waals surface area contributed by atoms with Crippen molar-refractivity contribution in [1.82, 2.24) is 10.6 Å². The molecule has 0 spiro atoms. The van der Waals surface area contributed by atoms with Gasteiger partial charge in [0.2, 0.25) is 0 Å². The lowest BCUT2D eigenvalue weighted by molar-refractivity contribution is 0.561. The summed E-state index contributed by atoms with van der Waals surface area (Å²) < 4.78 is 0. The molecule has 5 nitrogen and oxygen atoms in total. The summed E-state index contributed by atoms with van der Waals surface area (Å²) in [5.41, 5.74) is 8.40. The number of aliphatic imine (C=N–C) groups is 2. The molecule has 1 atom stereocenters. The SMILES string of the molecule is CC.NCCCCC(Cc1ccccc1)C1=NCCN1.c1cc(CCC2=NCCN2)cs1. The number of thiophene rings is 1. The van der Waals surface area contributed by atoms with Crippen LogP contribution in [-0.2, 0) is 12.8 Å². The highest BCUT2D eigenvalue weighted by Gasteiger charge is 2.18. The lowest BCUT2D eigenvalue weighted by Gasteiger charge is -2.17. The van der Waals surface area contributed by atoms with Crippen LogP contribution in [0.15, 0.2) is 57.1 Å². The van der Waals surface area contributed by atoms with Crippen LogP contribution >= 0.6 is 11.3 Å². The Kier molecular flexibility index (Phi) is 13.4. The minimum atomic E-state index is 0.529. The molecule has 0 saturated heterocycles. The quantitative estimate of drug-likeness (QED) is 0.455. The van der Waals surface area contributed by atoms with E-state index < -0.39 is 0 Å². The van der Waals surface area contributed by atoms with E-state index in [0.717, 1.165) is 58.4 Å². The molecule has 6 heteroatoms. The third-order valence-corrected chi connectivity index (χ3v) is 6.12. The Hall–Kier alpha value is -2.18. The molecular formula is C26H41N5S. The fourth-order valence-electron chi connectivity index (χ4n) is 3.77. The van der Waals surface area contributed by atoms with Crippen molar-refractivity contribution >= 4 is 23.0 Å². The van der Waals surface area contributed by atoms with Crippen LogP contribution in [0.5, 0.6) is 0 Å². The van der Waals surface area contributed by atoms with Gasteiger partial charge in [0.1, 0.15) is 0 Å². The number of nitrogens with one attached hydrogen (secondary N) is 2. The predicted molar refractivity (Wildman–Crippen MR) is 141 cm³/mol. The number of benzene rings is 1. The van der Waals surface area contributed by atoms with E-state index in [-0.39, 0.29) is 0 Å². The van der Waals surface area contributed by atoms with Crippen molar-refractivity contribution in [2.75, 3.05) is 32.7 Å². The average Bonchev–Trinajstić information content (AvgIpc) is 3.63. The molecule has 0 fully saturated rings. The molecule has 0 aliphatic carbocycles. The maximum Gasteiger partial charge on any atom is 0.0999 e. The summed E-state index contributed by atoms with van der Waals surface area (Å²) in [5.74, 6) is 2.92. The molecule has 2 aliphatic rings. The first-order valence-corrected chi connectivity index (χ1v) is 13.1. The summed E-state index contributed by atoms with van der Waals surface area (Å²) in [6.07, 6.45) is 6.74. The second-order valence-corrected chi connectivity index (χ2v) is 8.53. The van der Waals surface area contributed by atoms with E-state index in [4.69, 9.17) is 5.73 Å². The molecular weight excluding hydrogens is 414 g/mol. The zero-order valence-electron chi connectivity index (χ0n) is 19.9. The molecule has 2 aliphatic heterocycles. The Balaban J connectivity index is 0.000000224. The van der Waals surface area contributed by atoms with Crippen LogP contribution in [0.1, 0.15) is 50.7 Å². The zero-order valence-corrected chi connectivity index (χ0v) is 20.7. The molecule has 4 N–H and O–H groups in total. The maximum absolute atomic E-state index is 5.57. The molecule has 0 amide bonds. The van der Waals surface area contributed by atoms with Gasteiger partial charge in [0, 0.05) is 25.4 Å². The third-order valence-electron chi connectivity index (χ3n) is 5.39. The highest BCUT2D eigenvalue weighted by atomic mass is 32.1. The Labute approximate surface area is 198 Å². The minimum absolute atomic E-state index is 0.529. The minimum Gasteiger partial charge on any atom is -0.372 e. The highest BCUT2D eigenvalue weighted by Crippen LogP contribution is 2.17. The van der Waals surface area contributed by atoms with E-state index in [9.17, 15) is 0 Å². The van der Waals surface area contributed by atoms with Crippen molar-refractivity contribution < 1.29 is 0 Å². The molecule has 1 unspecified atom stereocenters. The number of aryl methyl sites for hydroxylation is 1. The van der Waals surface area contributed by atoms with Crippen LogP contribution in [0, 0.1) is 5.92 Å². The molecule has 176 valence electrons. The fraction of sp³-hybridized carbons (Fsp3) is 0.538. The van der Waals surface area contributed by atoms with Crippen LogP contribution in [0.3, 0.4) is 0 Å². The van der Waals surface area contributed by atoms with Gasteiger partial charge in [-0.05, 0) is 60.2 Å². The largest absolute Gasteiger partial charge is 0.372 e. The first-order chi connectivity index (χ1) is 15.8. The second-order valence-electron chi connectivity index (χ2n) is 7.75. The van der Waals surface area contributed by atoms with Gasteiger partial charge in [0.05, 0.1) is 24.8 Å². The number of unbranched alkanes of at least 4 members (excludes halogenated alkanes) is 1. The van der Waals surface area contributed by atoms with E-state index in [1.807, 2.05) is 13.8 Å². The molecule has 32 heavy (non-hydrogen) atoms. The van der Waals surface area contributed by atoms with Crippen molar-refractivity contribution in [2.45, 2.75) is 52.4 Å². The molecule has 0 radical (unpaired) electrons.